The van der Waals surface area contributed by atoms with Crippen molar-refractivity contribution >= 4 is 17.5 Å². The molecule has 0 spiro atoms. The first-order chi connectivity index (χ1) is 5.66. The number of phenols is 1. The predicted octanol–water partition coefficient (Wildman–Crippen LogP) is 2.32. The summed E-state index contributed by atoms with van der Waals surface area (Å²) in [5.74, 6) is 0.158. The highest BCUT2D eigenvalue weighted by molar-refractivity contribution is 7.98. The SMILES string of the molecule is CSc1c(O)cccc1C(C)=O. The molecule has 1 aromatic carbocycles. The molecule has 1 rings (SSSR count). The lowest BCUT2D eigenvalue weighted by Crippen LogP contribution is -1.94. The van der Waals surface area contributed by atoms with Crippen molar-refractivity contribution < 1.29 is 9.90 Å². The third kappa shape index (κ3) is 1.61. The lowest BCUT2D eigenvalue weighted by atomic mass is 10.1. The van der Waals surface area contributed by atoms with Crippen molar-refractivity contribution in [1.29, 1.82) is 0 Å². The molecule has 1 aromatic rings. The van der Waals surface area contributed by atoms with E-state index in [4.69, 9.17) is 0 Å². The Kier molecular flexibility index (Phi) is 2.76. The third-order valence-electron chi connectivity index (χ3n) is 1.58. The number of carbonyl (C=O) groups is 1. The smallest absolute Gasteiger partial charge is 0.161 e. The van der Waals surface area contributed by atoms with Crippen LogP contribution in [0.4, 0.5) is 0 Å². The molecule has 3 heteroatoms. The summed E-state index contributed by atoms with van der Waals surface area (Å²) in [6.45, 7) is 1.49. The zero-order valence-corrected chi connectivity index (χ0v) is 7.81. The van der Waals surface area contributed by atoms with Gasteiger partial charge in [0.15, 0.2) is 5.78 Å². The molecular weight excluding hydrogens is 172 g/mol. The van der Waals surface area contributed by atoms with E-state index in [1.807, 2.05) is 6.26 Å². The van der Waals surface area contributed by atoms with Crippen LogP contribution < -0.4 is 0 Å². The predicted molar refractivity (Wildman–Crippen MR) is 49.9 cm³/mol. The monoisotopic (exact) mass is 182 g/mol. The number of carbonyl (C=O) groups excluding carboxylic acids is 1. The van der Waals surface area contributed by atoms with E-state index in [0.29, 0.717) is 10.5 Å². The second-order valence-corrected chi connectivity index (χ2v) is 3.23. The zero-order chi connectivity index (χ0) is 9.14. The number of phenolic OH excluding ortho intramolecular Hbond substituents is 1. The highest BCUT2D eigenvalue weighted by atomic mass is 32.2. The molecule has 0 atom stereocenters. The van der Waals surface area contributed by atoms with Crippen LogP contribution in [0.2, 0.25) is 0 Å². The van der Waals surface area contributed by atoms with Crippen LogP contribution in [0.15, 0.2) is 23.1 Å². The fourth-order valence-electron chi connectivity index (χ4n) is 1.02. The molecule has 0 saturated heterocycles. The molecule has 0 fully saturated rings. The number of aromatic hydroxyl groups is 1. The molecule has 12 heavy (non-hydrogen) atoms. The molecule has 2 nitrogen and oxygen atoms in total. The summed E-state index contributed by atoms with van der Waals surface area (Å²) in [6, 6.07) is 4.97. The van der Waals surface area contributed by atoms with Crippen LogP contribution in [0.25, 0.3) is 0 Å². The van der Waals surface area contributed by atoms with E-state index in [0.717, 1.165) is 0 Å². The van der Waals surface area contributed by atoms with Crippen LogP contribution >= 0.6 is 11.8 Å². The quantitative estimate of drug-likeness (QED) is 0.563. The van der Waals surface area contributed by atoms with Gasteiger partial charge in [-0.3, -0.25) is 4.79 Å². The van der Waals surface area contributed by atoms with Crippen LogP contribution in [0, 0.1) is 0 Å². The summed E-state index contributed by atoms with van der Waals surface area (Å²) >= 11 is 1.38. The van der Waals surface area contributed by atoms with Gasteiger partial charge in [-0.15, -0.1) is 11.8 Å². The van der Waals surface area contributed by atoms with E-state index in [1.165, 1.54) is 18.7 Å². The van der Waals surface area contributed by atoms with E-state index >= 15 is 0 Å². The second kappa shape index (κ2) is 3.63. The van der Waals surface area contributed by atoms with Gasteiger partial charge >= 0.3 is 0 Å². The van der Waals surface area contributed by atoms with Gasteiger partial charge in [0.25, 0.3) is 0 Å². The first kappa shape index (κ1) is 9.13. The Balaban J connectivity index is 3.27. The van der Waals surface area contributed by atoms with Crippen molar-refractivity contribution in [2.45, 2.75) is 11.8 Å². The third-order valence-corrected chi connectivity index (χ3v) is 2.41. The minimum absolute atomic E-state index is 0.0183. The summed E-state index contributed by atoms with van der Waals surface area (Å²) < 4.78 is 0. The van der Waals surface area contributed by atoms with Gasteiger partial charge in [0.05, 0.1) is 4.90 Å². The number of hydrogen-bond acceptors (Lipinski definition) is 3. The van der Waals surface area contributed by atoms with E-state index in [-0.39, 0.29) is 11.5 Å². The maximum absolute atomic E-state index is 11.1. The number of Topliss-reactive ketones (excluding diaryl/α,β-unsaturated/α-hetero) is 1. The minimum atomic E-state index is -0.0183. The summed E-state index contributed by atoms with van der Waals surface area (Å²) in [5.41, 5.74) is 0.586. The fourth-order valence-corrected chi connectivity index (χ4v) is 1.73. The number of thioether (sulfide) groups is 1. The molecule has 0 radical (unpaired) electrons. The van der Waals surface area contributed by atoms with E-state index in [2.05, 4.69) is 0 Å². The van der Waals surface area contributed by atoms with Gasteiger partial charge in [0.2, 0.25) is 0 Å². The maximum Gasteiger partial charge on any atom is 0.161 e. The van der Waals surface area contributed by atoms with Gasteiger partial charge < -0.3 is 5.11 Å². The number of ketones is 1. The molecule has 0 amide bonds. The summed E-state index contributed by atoms with van der Waals surface area (Å²) in [5, 5.41) is 9.37. The number of rotatable bonds is 2. The van der Waals surface area contributed by atoms with Crippen molar-refractivity contribution in [3.8, 4) is 5.75 Å². The van der Waals surface area contributed by atoms with Crippen LogP contribution in [-0.2, 0) is 0 Å². The topological polar surface area (TPSA) is 37.3 Å². The first-order valence-electron chi connectivity index (χ1n) is 3.53. The summed E-state index contributed by atoms with van der Waals surface area (Å²) in [4.78, 5) is 11.7. The molecule has 0 aliphatic carbocycles. The molecular formula is C9H10O2S. The van der Waals surface area contributed by atoms with Crippen LogP contribution in [0.3, 0.4) is 0 Å². The zero-order valence-electron chi connectivity index (χ0n) is 7.00. The standard InChI is InChI=1S/C9H10O2S/c1-6(10)7-4-3-5-8(11)9(7)12-2/h3-5,11H,1-2H3. The highest BCUT2D eigenvalue weighted by Gasteiger charge is 2.09. The van der Waals surface area contributed by atoms with Crippen molar-refractivity contribution in [2.24, 2.45) is 0 Å². The minimum Gasteiger partial charge on any atom is -0.507 e. The van der Waals surface area contributed by atoms with Crippen molar-refractivity contribution in [2.75, 3.05) is 6.26 Å². The van der Waals surface area contributed by atoms with Crippen LogP contribution in [0.5, 0.6) is 5.75 Å². The molecule has 0 aliphatic rings. The van der Waals surface area contributed by atoms with Gasteiger partial charge in [0.1, 0.15) is 5.75 Å². The van der Waals surface area contributed by atoms with Crippen LogP contribution in [0.1, 0.15) is 17.3 Å². The molecule has 0 unspecified atom stereocenters. The average Bonchev–Trinajstić information content (AvgIpc) is 2.03. The van der Waals surface area contributed by atoms with Gasteiger partial charge in [-0.1, -0.05) is 12.1 Å². The largest absolute Gasteiger partial charge is 0.507 e. The van der Waals surface area contributed by atoms with Gasteiger partial charge in [-0.25, -0.2) is 0 Å². The maximum atomic E-state index is 11.1. The molecule has 0 saturated carbocycles. The molecule has 0 bridgehead atoms. The lowest BCUT2D eigenvalue weighted by Gasteiger charge is -2.04. The summed E-state index contributed by atoms with van der Waals surface area (Å²) in [7, 11) is 0. The molecule has 0 heterocycles. The fraction of sp³-hybridized carbons (Fsp3) is 0.222. The average molecular weight is 182 g/mol. The van der Waals surface area contributed by atoms with Crippen LogP contribution in [-0.4, -0.2) is 17.1 Å². The molecule has 1 N–H and O–H groups in total. The Bertz CT molecular complexity index is 307. The Hall–Kier alpha value is -0.960. The highest BCUT2D eigenvalue weighted by Crippen LogP contribution is 2.30. The summed E-state index contributed by atoms with van der Waals surface area (Å²) in [6.07, 6.45) is 1.83. The Morgan fingerprint density at radius 2 is 2.17 bits per heavy atom. The Morgan fingerprint density at radius 3 is 2.58 bits per heavy atom. The molecule has 64 valence electrons. The van der Waals surface area contributed by atoms with Crippen molar-refractivity contribution in [3.63, 3.8) is 0 Å². The Morgan fingerprint density at radius 1 is 1.50 bits per heavy atom. The van der Waals surface area contributed by atoms with E-state index in [9.17, 15) is 9.90 Å². The van der Waals surface area contributed by atoms with E-state index < -0.39 is 0 Å². The first-order valence-corrected chi connectivity index (χ1v) is 4.76. The molecule has 0 aliphatic heterocycles. The normalized spacial score (nSPS) is 9.83. The molecule has 0 aromatic heterocycles. The van der Waals surface area contributed by atoms with Crippen molar-refractivity contribution in [1.82, 2.24) is 0 Å². The van der Waals surface area contributed by atoms with Gasteiger partial charge in [-0.2, -0.15) is 0 Å². The Labute approximate surface area is 75.6 Å². The van der Waals surface area contributed by atoms with E-state index in [1.54, 1.807) is 18.2 Å². The number of benzene rings is 1. The second-order valence-electron chi connectivity index (χ2n) is 2.41. The lowest BCUT2D eigenvalue weighted by molar-refractivity contribution is 0.101. The number of hydrogen-bond donors (Lipinski definition) is 1. The van der Waals surface area contributed by atoms with Gasteiger partial charge in [0, 0.05) is 5.56 Å². The van der Waals surface area contributed by atoms with Crippen molar-refractivity contribution in [3.05, 3.63) is 23.8 Å². The van der Waals surface area contributed by atoms with Gasteiger partial charge in [-0.05, 0) is 19.2 Å².